The normalized spacial score (nSPS) is 11.6. The van der Waals surface area contributed by atoms with Gasteiger partial charge in [0.25, 0.3) is 0 Å². The quantitative estimate of drug-likeness (QED) is 0.923. The van der Waals surface area contributed by atoms with E-state index in [0.29, 0.717) is 0 Å². The molecule has 0 saturated heterocycles. The average molecular weight is 292 g/mol. The summed E-state index contributed by atoms with van der Waals surface area (Å²) in [7, 11) is 0. The lowest BCUT2D eigenvalue weighted by Crippen LogP contribution is -2.06. The number of aromatic nitrogens is 3. The highest BCUT2D eigenvalue weighted by Crippen LogP contribution is 2.32. The minimum Gasteiger partial charge on any atom is -0.476 e. The molecule has 1 heterocycles. The summed E-state index contributed by atoms with van der Waals surface area (Å²) in [6.45, 7) is 0. The Morgan fingerprint density at radius 1 is 1.37 bits per heavy atom. The van der Waals surface area contributed by atoms with Crippen LogP contribution >= 0.6 is 11.6 Å². The van der Waals surface area contributed by atoms with Crippen molar-refractivity contribution in [1.82, 2.24) is 15.0 Å². The van der Waals surface area contributed by atoms with E-state index < -0.39 is 17.7 Å². The molecule has 0 radical (unpaired) electrons. The zero-order valence-corrected chi connectivity index (χ0v) is 9.77. The van der Waals surface area contributed by atoms with Crippen molar-refractivity contribution in [2.24, 2.45) is 0 Å². The number of carbonyl (C=O) groups is 1. The Bertz CT molecular complexity index is 639. The third kappa shape index (κ3) is 2.68. The van der Waals surface area contributed by atoms with Crippen LogP contribution in [-0.2, 0) is 6.18 Å². The second kappa shape index (κ2) is 4.54. The molecule has 19 heavy (non-hydrogen) atoms. The number of carboxylic acids is 1. The molecule has 5 nitrogen and oxygen atoms in total. The third-order valence-electron chi connectivity index (χ3n) is 2.23. The number of hydrogen-bond acceptors (Lipinski definition) is 3. The fourth-order valence-corrected chi connectivity index (χ4v) is 1.62. The second-order valence-corrected chi connectivity index (χ2v) is 3.92. The standard InChI is InChI=1S/C10H5ClF3N3O2/c11-6-3-5(10(12,13)14)1-2-8(6)17-4-7(9(18)19)15-16-17/h1-4H,(H,18,19). The summed E-state index contributed by atoms with van der Waals surface area (Å²) in [6.07, 6.45) is -3.45. The van der Waals surface area contributed by atoms with E-state index in [0.717, 1.165) is 29.1 Å². The largest absolute Gasteiger partial charge is 0.476 e. The van der Waals surface area contributed by atoms with Crippen molar-refractivity contribution in [3.05, 3.63) is 40.7 Å². The highest BCUT2D eigenvalue weighted by atomic mass is 35.5. The molecule has 0 aliphatic heterocycles. The van der Waals surface area contributed by atoms with E-state index in [2.05, 4.69) is 10.3 Å². The number of nitrogens with zero attached hydrogens (tertiary/aromatic N) is 3. The highest BCUT2D eigenvalue weighted by molar-refractivity contribution is 6.32. The molecule has 1 aromatic carbocycles. The van der Waals surface area contributed by atoms with Crippen LogP contribution in [0.3, 0.4) is 0 Å². The van der Waals surface area contributed by atoms with Crippen LogP contribution < -0.4 is 0 Å². The van der Waals surface area contributed by atoms with E-state index in [9.17, 15) is 18.0 Å². The predicted octanol–water partition coefficient (Wildman–Crippen LogP) is 2.64. The first-order chi connectivity index (χ1) is 8.79. The Morgan fingerprint density at radius 2 is 2.05 bits per heavy atom. The smallest absolute Gasteiger partial charge is 0.416 e. The van der Waals surface area contributed by atoms with E-state index in [1.165, 1.54) is 0 Å². The molecule has 0 bridgehead atoms. The van der Waals surface area contributed by atoms with E-state index in [1.807, 2.05) is 0 Å². The summed E-state index contributed by atoms with van der Waals surface area (Å²) >= 11 is 5.72. The Morgan fingerprint density at radius 3 is 2.53 bits per heavy atom. The van der Waals surface area contributed by atoms with Crippen LogP contribution in [0.25, 0.3) is 5.69 Å². The number of benzene rings is 1. The van der Waals surface area contributed by atoms with Crippen molar-refractivity contribution in [3.63, 3.8) is 0 Å². The van der Waals surface area contributed by atoms with Gasteiger partial charge in [0.2, 0.25) is 0 Å². The molecule has 1 aromatic heterocycles. The van der Waals surface area contributed by atoms with Crippen molar-refractivity contribution in [2.75, 3.05) is 0 Å². The molecular formula is C10H5ClF3N3O2. The molecular weight excluding hydrogens is 287 g/mol. The molecule has 1 N–H and O–H groups in total. The van der Waals surface area contributed by atoms with Gasteiger partial charge in [-0.15, -0.1) is 5.10 Å². The fourth-order valence-electron chi connectivity index (χ4n) is 1.35. The zero-order chi connectivity index (χ0) is 14.2. The van der Waals surface area contributed by atoms with Crippen molar-refractivity contribution >= 4 is 17.6 Å². The summed E-state index contributed by atoms with van der Waals surface area (Å²) in [5.41, 5.74) is -1.13. The Kier molecular flexibility index (Phi) is 3.19. The van der Waals surface area contributed by atoms with Crippen LogP contribution in [0.15, 0.2) is 24.4 Å². The maximum absolute atomic E-state index is 12.4. The molecule has 0 atom stereocenters. The summed E-state index contributed by atoms with van der Waals surface area (Å²) in [5.74, 6) is -1.30. The minimum absolute atomic E-state index is 0.106. The van der Waals surface area contributed by atoms with Gasteiger partial charge in [-0.05, 0) is 18.2 Å². The molecule has 100 valence electrons. The van der Waals surface area contributed by atoms with Gasteiger partial charge in [0, 0.05) is 0 Å². The molecule has 0 aliphatic rings. The average Bonchev–Trinajstić information content (AvgIpc) is 2.76. The Hall–Kier alpha value is -2.09. The van der Waals surface area contributed by atoms with Crippen molar-refractivity contribution in [1.29, 1.82) is 0 Å². The third-order valence-corrected chi connectivity index (χ3v) is 2.54. The van der Waals surface area contributed by atoms with E-state index in [-0.39, 0.29) is 16.4 Å². The molecule has 0 saturated carbocycles. The summed E-state index contributed by atoms with van der Waals surface area (Å²) < 4.78 is 38.3. The number of rotatable bonds is 2. The molecule has 0 aliphatic carbocycles. The van der Waals surface area contributed by atoms with E-state index in [4.69, 9.17) is 16.7 Å². The van der Waals surface area contributed by atoms with Crippen LogP contribution in [0.1, 0.15) is 16.1 Å². The highest BCUT2D eigenvalue weighted by Gasteiger charge is 2.31. The molecule has 0 amide bonds. The summed E-state index contributed by atoms with van der Waals surface area (Å²) in [4.78, 5) is 10.6. The lowest BCUT2D eigenvalue weighted by atomic mass is 10.2. The predicted molar refractivity (Wildman–Crippen MR) is 58.3 cm³/mol. The SMILES string of the molecule is O=C(O)c1cn(-c2ccc(C(F)(F)F)cc2Cl)nn1. The van der Waals surface area contributed by atoms with Crippen LogP contribution in [0.2, 0.25) is 5.02 Å². The van der Waals surface area contributed by atoms with Crippen molar-refractivity contribution in [2.45, 2.75) is 6.18 Å². The first-order valence-corrected chi connectivity index (χ1v) is 5.19. The first kappa shape index (κ1) is 13.3. The molecule has 9 heteroatoms. The monoisotopic (exact) mass is 291 g/mol. The molecule has 0 unspecified atom stereocenters. The molecule has 2 aromatic rings. The summed E-state index contributed by atoms with van der Waals surface area (Å²) in [6, 6.07) is 2.65. The Labute approximate surface area is 109 Å². The number of carboxylic acid groups (broad SMARTS) is 1. The van der Waals surface area contributed by atoms with E-state index >= 15 is 0 Å². The molecule has 0 spiro atoms. The van der Waals surface area contributed by atoms with E-state index in [1.54, 1.807) is 0 Å². The van der Waals surface area contributed by atoms with Crippen LogP contribution in [0.4, 0.5) is 13.2 Å². The van der Waals surface area contributed by atoms with Gasteiger partial charge in [-0.3, -0.25) is 0 Å². The van der Waals surface area contributed by atoms with Crippen LogP contribution in [0.5, 0.6) is 0 Å². The first-order valence-electron chi connectivity index (χ1n) is 4.82. The van der Waals surface area contributed by atoms with Gasteiger partial charge in [-0.2, -0.15) is 13.2 Å². The molecule has 0 fully saturated rings. The zero-order valence-electron chi connectivity index (χ0n) is 9.02. The van der Waals surface area contributed by atoms with Gasteiger partial charge >= 0.3 is 12.1 Å². The maximum Gasteiger partial charge on any atom is 0.416 e. The Balaban J connectivity index is 2.43. The van der Waals surface area contributed by atoms with Gasteiger partial charge in [0.1, 0.15) is 0 Å². The topological polar surface area (TPSA) is 68.0 Å². The minimum atomic E-state index is -4.50. The molecule has 2 rings (SSSR count). The lowest BCUT2D eigenvalue weighted by molar-refractivity contribution is -0.137. The number of aromatic carboxylic acids is 1. The van der Waals surface area contributed by atoms with Gasteiger partial charge in [0.05, 0.1) is 22.5 Å². The van der Waals surface area contributed by atoms with Crippen LogP contribution in [-0.4, -0.2) is 26.1 Å². The van der Waals surface area contributed by atoms with Gasteiger partial charge in [0.15, 0.2) is 5.69 Å². The lowest BCUT2D eigenvalue weighted by Gasteiger charge is -2.09. The van der Waals surface area contributed by atoms with Gasteiger partial charge in [-0.25, -0.2) is 9.48 Å². The number of halogens is 4. The van der Waals surface area contributed by atoms with Crippen molar-refractivity contribution in [3.8, 4) is 5.69 Å². The van der Waals surface area contributed by atoms with Gasteiger partial charge in [-0.1, -0.05) is 16.8 Å². The number of alkyl halides is 3. The fraction of sp³-hybridized carbons (Fsp3) is 0.100. The summed E-state index contributed by atoms with van der Waals surface area (Å²) in [5, 5.41) is 15.3. The van der Waals surface area contributed by atoms with Crippen LogP contribution in [0, 0.1) is 0 Å². The number of hydrogen-bond donors (Lipinski definition) is 1. The second-order valence-electron chi connectivity index (χ2n) is 3.52. The maximum atomic E-state index is 12.4. The van der Waals surface area contributed by atoms with Gasteiger partial charge < -0.3 is 5.11 Å². The van der Waals surface area contributed by atoms with Crippen molar-refractivity contribution < 1.29 is 23.1 Å².